The predicted octanol–water partition coefficient (Wildman–Crippen LogP) is 2.58. The van der Waals surface area contributed by atoms with Gasteiger partial charge in [-0.25, -0.2) is 4.98 Å². The molecule has 0 spiro atoms. The lowest BCUT2D eigenvalue weighted by molar-refractivity contribution is -0.137. The van der Waals surface area contributed by atoms with Crippen LogP contribution in [0.5, 0.6) is 0 Å². The maximum absolute atomic E-state index is 12.8. The molecule has 0 aliphatic carbocycles. The number of anilines is 1. The molecule has 2 heterocycles. The minimum absolute atomic E-state index is 0.0237. The summed E-state index contributed by atoms with van der Waals surface area (Å²) in [6.07, 6.45) is -2.75. The van der Waals surface area contributed by atoms with Crippen molar-refractivity contribution in [1.82, 2.24) is 9.97 Å². The summed E-state index contributed by atoms with van der Waals surface area (Å²) in [6.45, 7) is 1.06. The maximum Gasteiger partial charge on any atom is 0.416 e. The van der Waals surface area contributed by atoms with Gasteiger partial charge >= 0.3 is 6.18 Å². The van der Waals surface area contributed by atoms with Crippen molar-refractivity contribution >= 4 is 12.0 Å². The molecule has 138 valence electrons. The molecule has 26 heavy (non-hydrogen) atoms. The van der Waals surface area contributed by atoms with Gasteiger partial charge in [0.05, 0.1) is 23.8 Å². The summed E-state index contributed by atoms with van der Waals surface area (Å²) in [6, 6.07) is 4.85. The molecule has 1 saturated heterocycles. The first-order valence-corrected chi connectivity index (χ1v) is 8.01. The lowest BCUT2D eigenvalue weighted by atomic mass is 10.1. The molecule has 0 radical (unpaired) electrons. The second-order valence-electron chi connectivity index (χ2n) is 6.00. The summed E-state index contributed by atoms with van der Waals surface area (Å²) in [5, 5.41) is 10.5. The molecule has 3 N–H and O–H groups in total. The molecule has 1 aliphatic heterocycles. The van der Waals surface area contributed by atoms with Crippen molar-refractivity contribution in [2.24, 2.45) is 0 Å². The standard InChI is InChI=1S/C17H17F3N4O2/c18-17(19,20)11-3-1-2-10(6-11)7-14-23-15(13(8-21)16(25)24-14)22-12-4-5-26-9-12/h1-3,6,8,12,21H,4-5,7,9H2,(H2,22,23,24,25). The molecule has 9 heteroatoms. The Hall–Kier alpha value is -2.68. The lowest BCUT2D eigenvalue weighted by Crippen LogP contribution is -2.26. The number of alkyl halides is 3. The molecule has 1 unspecified atom stereocenters. The van der Waals surface area contributed by atoms with Gasteiger partial charge in [-0.2, -0.15) is 13.2 Å². The number of nitrogens with zero attached hydrogens (tertiary/aromatic N) is 1. The molecule has 1 atom stereocenters. The van der Waals surface area contributed by atoms with Gasteiger partial charge in [0.2, 0.25) is 0 Å². The predicted molar refractivity (Wildman–Crippen MR) is 89.8 cm³/mol. The highest BCUT2D eigenvalue weighted by Crippen LogP contribution is 2.29. The zero-order valence-electron chi connectivity index (χ0n) is 13.7. The van der Waals surface area contributed by atoms with Crippen LogP contribution in [0.2, 0.25) is 0 Å². The van der Waals surface area contributed by atoms with Crippen LogP contribution in [-0.2, 0) is 17.3 Å². The molecule has 1 aromatic heterocycles. The fourth-order valence-corrected chi connectivity index (χ4v) is 2.75. The maximum atomic E-state index is 12.8. The van der Waals surface area contributed by atoms with E-state index in [2.05, 4.69) is 15.3 Å². The smallest absolute Gasteiger partial charge is 0.379 e. The Bertz CT molecular complexity index is 858. The second-order valence-corrected chi connectivity index (χ2v) is 6.00. The van der Waals surface area contributed by atoms with Crippen LogP contribution in [0.4, 0.5) is 19.0 Å². The molecule has 1 fully saturated rings. The Morgan fingerprint density at radius 3 is 2.88 bits per heavy atom. The topological polar surface area (TPSA) is 90.9 Å². The quantitative estimate of drug-likeness (QED) is 0.710. The first kappa shape index (κ1) is 18.1. The fourth-order valence-electron chi connectivity index (χ4n) is 2.75. The monoisotopic (exact) mass is 366 g/mol. The zero-order chi connectivity index (χ0) is 18.7. The van der Waals surface area contributed by atoms with E-state index in [0.29, 0.717) is 18.8 Å². The van der Waals surface area contributed by atoms with Crippen LogP contribution in [0.25, 0.3) is 0 Å². The van der Waals surface area contributed by atoms with Crippen LogP contribution in [-0.4, -0.2) is 35.4 Å². The Balaban J connectivity index is 1.89. The van der Waals surface area contributed by atoms with E-state index in [1.54, 1.807) is 0 Å². The molecule has 1 aliphatic rings. The van der Waals surface area contributed by atoms with E-state index >= 15 is 0 Å². The Morgan fingerprint density at radius 2 is 2.23 bits per heavy atom. The van der Waals surface area contributed by atoms with Crippen LogP contribution in [0.1, 0.15) is 28.9 Å². The summed E-state index contributed by atoms with van der Waals surface area (Å²) >= 11 is 0. The average molecular weight is 366 g/mol. The third-order valence-electron chi connectivity index (χ3n) is 4.05. The molecular weight excluding hydrogens is 349 g/mol. The van der Waals surface area contributed by atoms with E-state index in [-0.39, 0.29) is 29.7 Å². The first-order valence-electron chi connectivity index (χ1n) is 8.01. The number of rotatable bonds is 5. The van der Waals surface area contributed by atoms with Gasteiger partial charge in [0.25, 0.3) is 5.56 Å². The Kier molecular flexibility index (Phi) is 5.08. The first-order chi connectivity index (χ1) is 12.4. The van der Waals surface area contributed by atoms with Crippen molar-refractivity contribution in [2.45, 2.75) is 25.1 Å². The highest BCUT2D eigenvalue weighted by molar-refractivity contribution is 5.83. The molecular formula is C17H17F3N4O2. The molecule has 0 bridgehead atoms. The van der Waals surface area contributed by atoms with Crippen LogP contribution >= 0.6 is 0 Å². The number of aromatic amines is 1. The van der Waals surface area contributed by atoms with E-state index in [9.17, 15) is 18.0 Å². The van der Waals surface area contributed by atoms with Crippen LogP contribution < -0.4 is 10.9 Å². The van der Waals surface area contributed by atoms with Gasteiger partial charge in [0, 0.05) is 19.2 Å². The number of hydrogen-bond acceptors (Lipinski definition) is 5. The number of ether oxygens (including phenoxy) is 1. The zero-order valence-corrected chi connectivity index (χ0v) is 13.7. The third-order valence-corrected chi connectivity index (χ3v) is 4.05. The normalized spacial score (nSPS) is 17.3. The fraction of sp³-hybridized carbons (Fsp3) is 0.353. The molecule has 2 aromatic rings. The number of nitrogens with one attached hydrogen (secondary N) is 3. The van der Waals surface area contributed by atoms with Crippen molar-refractivity contribution in [2.75, 3.05) is 18.5 Å². The van der Waals surface area contributed by atoms with Gasteiger partial charge in [-0.1, -0.05) is 18.2 Å². The van der Waals surface area contributed by atoms with Gasteiger partial charge in [-0.3, -0.25) is 4.79 Å². The van der Waals surface area contributed by atoms with Crippen molar-refractivity contribution in [3.63, 3.8) is 0 Å². The van der Waals surface area contributed by atoms with Gasteiger partial charge in [0.1, 0.15) is 11.6 Å². The molecule has 0 amide bonds. The Labute approximate surface area is 146 Å². The van der Waals surface area contributed by atoms with Gasteiger partial charge in [-0.05, 0) is 18.1 Å². The summed E-state index contributed by atoms with van der Waals surface area (Å²) in [4.78, 5) is 19.0. The van der Waals surface area contributed by atoms with Crippen LogP contribution in [0.3, 0.4) is 0 Å². The summed E-state index contributed by atoms with van der Waals surface area (Å²) in [7, 11) is 0. The molecule has 0 saturated carbocycles. The largest absolute Gasteiger partial charge is 0.416 e. The third kappa shape index (κ3) is 4.10. The average Bonchev–Trinajstić information content (AvgIpc) is 3.07. The van der Waals surface area contributed by atoms with E-state index in [4.69, 9.17) is 10.1 Å². The lowest BCUT2D eigenvalue weighted by Gasteiger charge is -2.14. The number of hydrogen-bond donors (Lipinski definition) is 3. The second kappa shape index (κ2) is 7.28. The van der Waals surface area contributed by atoms with Crippen molar-refractivity contribution in [3.8, 4) is 0 Å². The highest BCUT2D eigenvalue weighted by Gasteiger charge is 2.30. The molecule has 6 nitrogen and oxygen atoms in total. The number of benzene rings is 1. The number of aromatic nitrogens is 2. The van der Waals surface area contributed by atoms with E-state index < -0.39 is 17.3 Å². The van der Waals surface area contributed by atoms with Gasteiger partial charge in [0.15, 0.2) is 0 Å². The summed E-state index contributed by atoms with van der Waals surface area (Å²) in [5.74, 6) is 0.461. The number of H-pyrrole nitrogens is 1. The highest BCUT2D eigenvalue weighted by atomic mass is 19.4. The molecule has 1 aromatic carbocycles. The van der Waals surface area contributed by atoms with Gasteiger partial charge in [-0.15, -0.1) is 0 Å². The number of halogens is 3. The SMILES string of the molecule is N=Cc1c(NC2CCOC2)nc(Cc2cccc(C(F)(F)F)c2)[nH]c1=O. The molecule has 3 rings (SSSR count). The minimum atomic E-state index is -4.43. The minimum Gasteiger partial charge on any atom is -0.379 e. The van der Waals surface area contributed by atoms with Gasteiger partial charge < -0.3 is 20.4 Å². The van der Waals surface area contributed by atoms with Crippen molar-refractivity contribution in [3.05, 3.63) is 57.1 Å². The van der Waals surface area contributed by atoms with Crippen molar-refractivity contribution < 1.29 is 17.9 Å². The van der Waals surface area contributed by atoms with Crippen LogP contribution in [0.15, 0.2) is 29.1 Å². The summed E-state index contributed by atoms with van der Waals surface area (Å²) in [5.41, 5.74) is -0.821. The van der Waals surface area contributed by atoms with E-state index in [0.717, 1.165) is 24.8 Å². The van der Waals surface area contributed by atoms with Crippen LogP contribution in [0, 0.1) is 5.41 Å². The van der Waals surface area contributed by atoms with E-state index in [1.165, 1.54) is 12.1 Å². The van der Waals surface area contributed by atoms with E-state index in [1.807, 2.05) is 0 Å². The summed E-state index contributed by atoms with van der Waals surface area (Å²) < 4.78 is 43.8. The Morgan fingerprint density at radius 1 is 1.42 bits per heavy atom. The van der Waals surface area contributed by atoms with Crippen molar-refractivity contribution in [1.29, 1.82) is 5.41 Å².